The third kappa shape index (κ3) is 5.12. The topological polar surface area (TPSA) is 88.1 Å². The molecule has 2 aromatic rings. The fourth-order valence-electron chi connectivity index (χ4n) is 3.82. The van der Waals surface area contributed by atoms with Crippen molar-refractivity contribution >= 4 is 24.4 Å². The predicted octanol–water partition coefficient (Wildman–Crippen LogP) is 3.44. The van der Waals surface area contributed by atoms with Crippen LogP contribution in [0.5, 0.6) is 5.75 Å². The summed E-state index contributed by atoms with van der Waals surface area (Å²) < 4.78 is 11.0. The number of benzene rings is 2. The number of amides is 2. The highest BCUT2D eigenvalue weighted by molar-refractivity contribution is 6.61. The van der Waals surface area contributed by atoms with Crippen molar-refractivity contribution in [3.63, 3.8) is 0 Å². The second kappa shape index (κ2) is 9.93. The van der Waals surface area contributed by atoms with E-state index in [4.69, 9.17) is 9.39 Å². The number of carbonyl (C=O) groups is 2. The molecule has 0 aromatic heterocycles. The fourth-order valence-corrected chi connectivity index (χ4v) is 3.82. The maximum Gasteiger partial charge on any atom is 0.563 e. The zero-order chi connectivity index (χ0) is 25.2. The summed E-state index contributed by atoms with van der Waals surface area (Å²) in [5, 5.41) is 11.7. The predicted molar refractivity (Wildman–Crippen MR) is 133 cm³/mol. The van der Waals surface area contributed by atoms with Gasteiger partial charge < -0.3 is 14.4 Å². The van der Waals surface area contributed by atoms with E-state index in [9.17, 15) is 14.6 Å². The molecule has 0 fully saturated rings. The van der Waals surface area contributed by atoms with Gasteiger partial charge in [0, 0.05) is 22.2 Å². The lowest BCUT2D eigenvalue weighted by Gasteiger charge is -2.41. The van der Waals surface area contributed by atoms with Crippen LogP contribution in [-0.4, -0.2) is 41.1 Å². The van der Waals surface area contributed by atoms with Gasteiger partial charge in [0.1, 0.15) is 12.4 Å². The monoisotopic (exact) mass is 464 g/mol. The van der Waals surface area contributed by atoms with Gasteiger partial charge in [-0.25, -0.2) is 5.01 Å². The molecule has 0 bridgehead atoms. The maximum absolute atomic E-state index is 13.6. The van der Waals surface area contributed by atoms with Crippen LogP contribution in [0.25, 0.3) is 0 Å². The summed E-state index contributed by atoms with van der Waals surface area (Å²) in [6.45, 7) is 13.7. The molecule has 2 aromatic carbocycles. The minimum absolute atomic E-state index is 0.0574. The van der Waals surface area contributed by atoms with Crippen molar-refractivity contribution in [2.24, 2.45) is 5.92 Å². The number of hydrazine groups is 1. The smallest absolute Gasteiger partial charge is 0.538 e. The van der Waals surface area contributed by atoms with Crippen LogP contribution in [0.15, 0.2) is 42.7 Å². The Kier molecular flexibility index (Phi) is 7.41. The van der Waals surface area contributed by atoms with Crippen molar-refractivity contribution in [1.82, 2.24) is 10.4 Å². The lowest BCUT2D eigenvalue weighted by atomic mass is 9.77. The van der Waals surface area contributed by atoms with Gasteiger partial charge >= 0.3 is 7.12 Å². The first-order chi connectivity index (χ1) is 15.9. The largest absolute Gasteiger partial charge is 0.563 e. The Balaban J connectivity index is 1.99. The molecule has 0 radical (unpaired) electrons. The summed E-state index contributed by atoms with van der Waals surface area (Å²) in [5.41, 5.74) is 5.97. The van der Waals surface area contributed by atoms with Crippen molar-refractivity contribution in [3.05, 3.63) is 70.5 Å². The zero-order valence-corrected chi connectivity index (χ0v) is 20.9. The third-order valence-electron chi connectivity index (χ3n) is 6.45. The molecule has 3 rings (SSSR count). The Hall–Kier alpha value is -3.26. The second-order valence-electron chi connectivity index (χ2n) is 9.59. The van der Waals surface area contributed by atoms with Crippen molar-refractivity contribution < 1.29 is 24.0 Å². The summed E-state index contributed by atoms with van der Waals surface area (Å²) in [6.07, 6.45) is 3.02. The van der Waals surface area contributed by atoms with Crippen LogP contribution in [0.2, 0.25) is 0 Å². The molecule has 0 unspecified atom stereocenters. The first-order valence-corrected chi connectivity index (χ1v) is 11.4. The molecule has 2 N–H and O–H groups in total. The number of hydrogen-bond donors (Lipinski definition) is 2. The van der Waals surface area contributed by atoms with E-state index in [1.807, 2.05) is 59.7 Å². The molecule has 180 valence electrons. The molecule has 1 aliphatic heterocycles. The van der Waals surface area contributed by atoms with E-state index in [-0.39, 0.29) is 18.4 Å². The number of nitrogens with zero attached hydrogens (tertiary/aromatic N) is 1. The number of rotatable bonds is 4. The Morgan fingerprint density at radius 2 is 1.76 bits per heavy atom. The molecular weight excluding hydrogens is 431 g/mol. The lowest BCUT2D eigenvalue weighted by molar-refractivity contribution is 0.0189. The molecule has 0 saturated carbocycles. The lowest BCUT2D eigenvalue weighted by Crippen LogP contribution is -2.59. The van der Waals surface area contributed by atoms with Crippen LogP contribution in [0, 0.1) is 26.7 Å². The van der Waals surface area contributed by atoms with E-state index < -0.39 is 18.6 Å². The van der Waals surface area contributed by atoms with Crippen molar-refractivity contribution in [1.29, 1.82) is 0 Å². The number of nitrogens with one attached hydrogen (secondary N) is 1. The first-order valence-electron chi connectivity index (χ1n) is 11.4. The minimum atomic E-state index is -1.20. The van der Waals surface area contributed by atoms with Gasteiger partial charge in [-0.2, -0.15) is 0 Å². The molecule has 0 spiro atoms. The van der Waals surface area contributed by atoms with Crippen LogP contribution in [-0.2, 0) is 4.65 Å². The van der Waals surface area contributed by atoms with Crippen LogP contribution in [0.1, 0.15) is 65.1 Å². The SMILES string of the molecule is Cc1cc(C)cc(C(=O)N(NC(=O)c2ccc3c(c2C)OCC=COB3O)C(C)(C)C(C)C)c1. The Morgan fingerprint density at radius 1 is 1.12 bits per heavy atom. The summed E-state index contributed by atoms with van der Waals surface area (Å²) in [7, 11) is -1.20. The number of carbonyl (C=O) groups excluding carboxylic acids is 2. The van der Waals surface area contributed by atoms with Crippen LogP contribution >= 0.6 is 0 Å². The average molecular weight is 464 g/mol. The number of aryl methyl sites for hydroxylation is 2. The van der Waals surface area contributed by atoms with E-state index >= 15 is 0 Å². The number of hydrogen-bond acceptors (Lipinski definition) is 5. The molecule has 1 aliphatic rings. The van der Waals surface area contributed by atoms with Gasteiger partial charge in [0.15, 0.2) is 0 Å². The van der Waals surface area contributed by atoms with Gasteiger partial charge in [0.05, 0.1) is 11.8 Å². The van der Waals surface area contributed by atoms with Crippen LogP contribution in [0.4, 0.5) is 0 Å². The van der Waals surface area contributed by atoms with Gasteiger partial charge in [0.2, 0.25) is 0 Å². The van der Waals surface area contributed by atoms with E-state index in [2.05, 4.69) is 5.43 Å². The average Bonchev–Trinajstić information content (AvgIpc) is 2.74. The summed E-state index contributed by atoms with van der Waals surface area (Å²) in [4.78, 5) is 27.1. The van der Waals surface area contributed by atoms with Gasteiger partial charge in [-0.15, -0.1) is 0 Å². The Morgan fingerprint density at radius 3 is 2.38 bits per heavy atom. The second-order valence-corrected chi connectivity index (χ2v) is 9.59. The summed E-state index contributed by atoms with van der Waals surface area (Å²) in [6, 6.07) is 8.85. The molecule has 1 heterocycles. The molecule has 2 amide bonds. The highest BCUT2D eigenvalue weighted by atomic mass is 16.5. The van der Waals surface area contributed by atoms with E-state index in [1.54, 1.807) is 25.1 Å². The molecule has 0 atom stereocenters. The third-order valence-corrected chi connectivity index (χ3v) is 6.45. The van der Waals surface area contributed by atoms with E-state index in [0.29, 0.717) is 27.9 Å². The summed E-state index contributed by atoms with van der Waals surface area (Å²) >= 11 is 0. The van der Waals surface area contributed by atoms with Gasteiger partial charge in [-0.05, 0) is 64.8 Å². The number of ether oxygens (including phenoxy) is 1. The quantitative estimate of drug-likeness (QED) is 0.535. The minimum Gasteiger partial charge on any atom is -0.538 e. The van der Waals surface area contributed by atoms with Crippen molar-refractivity contribution in [2.45, 2.75) is 54.0 Å². The normalized spacial score (nSPS) is 13.4. The Labute approximate surface area is 201 Å². The standard InChI is InChI=1S/C26H33BN2O5/c1-16(2)26(6,7)29(25(31)20-14-17(3)13-18(4)15-20)28-24(30)21-9-10-22-23(19(21)5)33-11-8-12-34-27(22)32/h8-10,12-16,32H,11H2,1-7H3,(H,28,30). The zero-order valence-electron chi connectivity index (χ0n) is 20.9. The van der Waals surface area contributed by atoms with E-state index in [0.717, 1.165) is 11.1 Å². The first kappa shape index (κ1) is 25.4. The number of fused-ring (bicyclic) bond motifs is 1. The molecule has 34 heavy (non-hydrogen) atoms. The maximum atomic E-state index is 13.6. The Bertz CT molecular complexity index is 1110. The highest BCUT2D eigenvalue weighted by Crippen LogP contribution is 2.27. The van der Waals surface area contributed by atoms with E-state index in [1.165, 1.54) is 11.3 Å². The van der Waals surface area contributed by atoms with Gasteiger partial charge in [0.25, 0.3) is 11.8 Å². The summed E-state index contributed by atoms with van der Waals surface area (Å²) in [5.74, 6) is -0.280. The van der Waals surface area contributed by atoms with Crippen LogP contribution in [0.3, 0.4) is 0 Å². The van der Waals surface area contributed by atoms with Crippen molar-refractivity contribution in [3.8, 4) is 5.75 Å². The molecule has 7 nitrogen and oxygen atoms in total. The van der Waals surface area contributed by atoms with Gasteiger partial charge in [-0.3, -0.25) is 15.0 Å². The van der Waals surface area contributed by atoms with Crippen molar-refractivity contribution in [2.75, 3.05) is 6.61 Å². The fraction of sp³-hybridized carbons (Fsp3) is 0.385. The molecule has 0 aliphatic carbocycles. The highest BCUT2D eigenvalue weighted by Gasteiger charge is 2.37. The molecule has 0 saturated heterocycles. The molecular formula is C26H33BN2O5. The van der Waals surface area contributed by atoms with Gasteiger partial charge in [-0.1, -0.05) is 37.1 Å². The van der Waals surface area contributed by atoms with Crippen LogP contribution < -0.4 is 15.6 Å². The molecule has 8 heteroatoms.